The van der Waals surface area contributed by atoms with Gasteiger partial charge in [0.2, 0.25) is 0 Å². The van der Waals surface area contributed by atoms with E-state index in [0.717, 1.165) is 41.4 Å². The standard InChI is InChI=1S/C14H21ClN4/c1-5-6-10-12-14(18(4)17-10)19(11-7-8(11)2)13(16-12)9(3)15/h8-9,11H,5-7H2,1-4H3. The number of imidazole rings is 1. The van der Waals surface area contributed by atoms with Crippen molar-refractivity contribution in [3.8, 4) is 0 Å². The Kier molecular flexibility index (Phi) is 3.08. The quantitative estimate of drug-likeness (QED) is 0.802. The molecule has 104 valence electrons. The molecule has 0 spiro atoms. The summed E-state index contributed by atoms with van der Waals surface area (Å²) in [4.78, 5) is 4.79. The number of nitrogens with zero attached hydrogens (tertiary/aromatic N) is 4. The summed E-state index contributed by atoms with van der Waals surface area (Å²) in [5.41, 5.74) is 3.29. The first-order chi connectivity index (χ1) is 9.04. The van der Waals surface area contributed by atoms with Crippen molar-refractivity contribution in [1.29, 1.82) is 0 Å². The predicted molar refractivity (Wildman–Crippen MR) is 77.6 cm³/mol. The van der Waals surface area contributed by atoms with E-state index in [9.17, 15) is 0 Å². The van der Waals surface area contributed by atoms with Gasteiger partial charge in [-0.1, -0.05) is 20.3 Å². The summed E-state index contributed by atoms with van der Waals surface area (Å²) in [6.07, 6.45) is 3.28. The number of aromatic nitrogens is 4. The van der Waals surface area contributed by atoms with Crippen molar-refractivity contribution in [3.63, 3.8) is 0 Å². The minimum absolute atomic E-state index is 0.0605. The second kappa shape index (κ2) is 4.51. The second-order valence-electron chi connectivity index (χ2n) is 5.73. The lowest BCUT2D eigenvalue weighted by atomic mass is 10.2. The fourth-order valence-electron chi connectivity index (χ4n) is 2.89. The van der Waals surface area contributed by atoms with Gasteiger partial charge in [-0.05, 0) is 25.7 Å². The maximum atomic E-state index is 6.33. The molecule has 2 aromatic heterocycles. The number of hydrogen-bond donors (Lipinski definition) is 0. The van der Waals surface area contributed by atoms with Crippen molar-refractivity contribution in [2.75, 3.05) is 0 Å². The van der Waals surface area contributed by atoms with E-state index in [4.69, 9.17) is 16.6 Å². The van der Waals surface area contributed by atoms with Gasteiger partial charge in [-0.25, -0.2) is 4.98 Å². The number of fused-ring (bicyclic) bond motifs is 1. The van der Waals surface area contributed by atoms with Gasteiger partial charge in [-0.3, -0.25) is 4.68 Å². The highest BCUT2D eigenvalue weighted by molar-refractivity contribution is 6.20. The average molecular weight is 281 g/mol. The van der Waals surface area contributed by atoms with Crippen LogP contribution in [0.4, 0.5) is 0 Å². The minimum atomic E-state index is -0.0605. The second-order valence-corrected chi connectivity index (χ2v) is 6.38. The highest BCUT2D eigenvalue weighted by Crippen LogP contribution is 2.46. The van der Waals surface area contributed by atoms with E-state index < -0.39 is 0 Å². The zero-order valence-electron chi connectivity index (χ0n) is 12.0. The third kappa shape index (κ3) is 1.97. The van der Waals surface area contributed by atoms with E-state index in [1.54, 1.807) is 0 Å². The van der Waals surface area contributed by atoms with Crippen molar-refractivity contribution < 1.29 is 0 Å². The summed E-state index contributed by atoms with van der Waals surface area (Å²) in [6.45, 7) is 6.45. The Morgan fingerprint density at radius 2 is 2.16 bits per heavy atom. The molecule has 3 unspecified atom stereocenters. The van der Waals surface area contributed by atoms with E-state index in [2.05, 4.69) is 23.5 Å². The lowest BCUT2D eigenvalue weighted by molar-refractivity contribution is 0.627. The van der Waals surface area contributed by atoms with E-state index >= 15 is 0 Å². The van der Waals surface area contributed by atoms with Gasteiger partial charge < -0.3 is 4.57 Å². The Hall–Kier alpha value is -1.03. The van der Waals surface area contributed by atoms with Crippen LogP contribution in [0.1, 0.15) is 56.6 Å². The van der Waals surface area contributed by atoms with Gasteiger partial charge in [-0.15, -0.1) is 11.6 Å². The van der Waals surface area contributed by atoms with E-state index in [0.29, 0.717) is 6.04 Å². The van der Waals surface area contributed by atoms with Gasteiger partial charge in [0.05, 0.1) is 11.1 Å². The molecule has 2 heterocycles. The first-order valence-corrected chi connectivity index (χ1v) is 7.56. The van der Waals surface area contributed by atoms with Crippen LogP contribution in [0.25, 0.3) is 11.2 Å². The van der Waals surface area contributed by atoms with Crippen LogP contribution < -0.4 is 0 Å². The summed E-state index contributed by atoms with van der Waals surface area (Å²) in [6, 6.07) is 0.547. The monoisotopic (exact) mass is 280 g/mol. The van der Waals surface area contributed by atoms with Crippen LogP contribution in [0.15, 0.2) is 0 Å². The Bertz CT molecular complexity index is 611. The topological polar surface area (TPSA) is 35.6 Å². The normalized spacial score (nSPS) is 24.1. The van der Waals surface area contributed by atoms with E-state index in [1.807, 2.05) is 18.7 Å². The molecule has 0 N–H and O–H groups in total. The highest BCUT2D eigenvalue weighted by atomic mass is 35.5. The molecular formula is C14H21ClN4. The zero-order chi connectivity index (χ0) is 13.7. The molecular weight excluding hydrogens is 260 g/mol. The van der Waals surface area contributed by atoms with Crippen LogP contribution in [0.2, 0.25) is 0 Å². The van der Waals surface area contributed by atoms with Crippen LogP contribution in [0.3, 0.4) is 0 Å². The molecule has 1 aliphatic carbocycles. The molecule has 1 saturated carbocycles. The molecule has 19 heavy (non-hydrogen) atoms. The molecule has 1 fully saturated rings. The first-order valence-electron chi connectivity index (χ1n) is 7.12. The van der Waals surface area contributed by atoms with Crippen LogP contribution in [0, 0.1) is 5.92 Å². The molecule has 0 aliphatic heterocycles. The molecule has 0 saturated heterocycles. The lowest BCUT2D eigenvalue weighted by Gasteiger charge is -2.10. The van der Waals surface area contributed by atoms with Crippen LogP contribution >= 0.6 is 11.6 Å². The van der Waals surface area contributed by atoms with Crippen molar-refractivity contribution in [2.24, 2.45) is 13.0 Å². The first kappa shape index (κ1) is 13.0. The van der Waals surface area contributed by atoms with Gasteiger partial charge in [0.1, 0.15) is 11.3 Å². The molecule has 0 aromatic carbocycles. The maximum Gasteiger partial charge on any atom is 0.158 e. The molecule has 0 bridgehead atoms. The summed E-state index contributed by atoms with van der Waals surface area (Å²) in [5.74, 6) is 1.72. The van der Waals surface area contributed by atoms with Crippen molar-refractivity contribution in [2.45, 2.75) is 51.5 Å². The third-order valence-corrected chi connectivity index (χ3v) is 4.20. The molecule has 0 radical (unpaired) electrons. The van der Waals surface area contributed by atoms with Gasteiger partial charge in [0.15, 0.2) is 5.65 Å². The summed E-state index contributed by atoms with van der Waals surface area (Å²) in [5, 5.41) is 4.57. The van der Waals surface area contributed by atoms with Crippen LogP contribution in [0.5, 0.6) is 0 Å². The minimum Gasteiger partial charge on any atom is -0.308 e. The molecule has 5 heteroatoms. The Balaban J connectivity index is 2.22. The fourth-order valence-corrected chi connectivity index (χ4v) is 3.05. The summed E-state index contributed by atoms with van der Waals surface area (Å²) < 4.78 is 4.30. The smallest absolute Gasteiger partial charge is 0.158 e. The number of aryl methyl sites for hydroxylation is 2. The molecule has 3 atom stereocenters. The molecule has 0 amide bonds. The maximum absolute atomic E-state index is 6.33. The number of alkyl halides is 1. The van der Waals surface area contributed by atoms with Crippen LogP contribution in [-0.4, -0.2) is 19.3 Å². The molecule has 2 aromatic rings. The SMILES string of the molecule is CCCc1nn(C)c2c1nc(C(C)Cl)n2C1CC1C. The number of rotatable bonds is 4. The largest absolute Gasteiger partial charge is 0.308 e. The van der Waals surface area contributed by atoms with Gasteiger partial charge in [0, 0.05) is 13.1 Å². The van der Waals surface area contributed by atoms with Gasteiger partial charge in [-0.2, -0.15) is 5.10 Å². The Morgan fingerprint density at radius 1 is 1.47 bits per heavy atom. The summed E-state index contributed by atoms with van der Waals surface area (Å²) in [7, 11) is 2.01. The summed E-state index contributed by atoms with van der Waals surface area (Å²) >= 11 is 6.33. The molecule has 4 nitrogen and oxygen atoms in total. The zero-order valence-corrected chi connectivity index (χ0v) is 12.8. The number of halogens is 1. The fraction of sp³-hybridized carbons (Fsp3) is 0.714. The van der Waals surface area contributed by atoms with E-state index in [-0.39, 0.29) is 5.38 Å². The van der Waals surface area contributed by atoms with E-state index in [1.165, 1.54) is 6.42 Å². The van der Waals surface area contributed by atoms with Crippen molar-refractivity contribution in [1.82, 2.24) is 19.3 Å². The van der Waals surface area contributed by atoms with Gasteiger partial charge >= 0.3 is 0 Å². The van der Waals surface area contributed by atoms with Crippen molar-refractivity contribution in [3.05, 3.63) is 11.5 Å². The molecule has 3 rings (SSSR count). The van der Waals surface area contributed by atoms with Gasteiger partial charge in [0.25, 0.3) is 0 Å². The third-order valence-electron chi connectivity index (χ3n) is 4.00. The van der Waals surface area contributed by atoms with Crippen molar-refractivity contribution >= 4 is 22.8 Å². The molecule has 1 aliphatic rings. The predicted octanol–water partition coefficient (Wildman–Crippen LogP) is 3.60. The van der Waals surface area contributed by atoms with Crippen LogP contribution in [-0.2, 0) is 13.5 Å². The average Bonchev–Trinajstić information content (AvgIpc) is 2.83. The number of hydrogen-bond acceptors (Lipinski definition) is 2. The lowest BCUT2D eigenvalue weighted by Crippen LogP contribution is -2.07. The Morgan fingerprint density at radius 3 is 2.68 bits per heavy atom. The highest BCUT2D eigenvalue weighted by Gasteiger charge is 2.39. The Labute approximate surface area is 118 Å².